The molecular weight excluding hydrogens is 244 g/mol. The second-order valence-corrected chi connectivity index (χ2v) is 5.73. The normalized spacial score (nSPS) is 10.4. The van der Waals surface area contributed by atoms with Crippen LogP contribution in [0, 0.1) is 11.8 Å². The van der Waals surface area contributed by atoms with Crippen molar-refractivity contribution in [1.29, 1.82) is 0 Å². The topological polar surface area (TPSA) is 34.1 Å². The summed E-state index contributed by atoms with van der Waals surface area (Å²) in [6, 6.07) is 17.7. The molecule has 0 atom stereocenters. The monoisotopic (exact) mass is 256 g/mol. The average molecular weight is 256 g/mol. The van der Waals surface area contributed by atoms with Gasteiger partial charge in [0.15, 0.2) is 9.84 Å². The second-order valence-electron chi connectivity index (χ2n) is 3.74. The molecule has 0 radical (unpaired) electrons. The van der Waals surface area contributed by atoms with Crippen molar-refractivity contribution in [2.75, 3.05) is 5.75 Å². The Morgan fingerprint density at radius 3 is 2.00 bits per heavy atom. The molecule has 0 aliphatic carbocycles. The predicted molar refractivity (Wildman–Crippen MR) is 71.8 cm³/mol. The van der Waals surface area contributed by atoms with Gasteiger partial charge in [0.1, 0.15) is 5.75 Å². The molecule has 90 valence electrons. The van der Waals surface area contributed by atoms with Gasteiger partial charge >= 0.3 is 0 Å². The highest BCUT2D eigenvalue weighted by Gasteiger charge is 2.11. The molecule has 0 amide bonds. The first-order valence-corrected chi connectivity index (χ1v) is 7.15. The Labute approximate surface area is 107 Å². The summed E-state index contributed by atoms with van der Waals surface area (Å²) in [6.45, 7) is 0. The Kier molecular flexibility index (Phi) is 3.81. The van der Waals surface area contributed by atoms with Crippen molar-refractivity contribution < 1.29 is 8.42 Å². The molecule has 2 aromatic rings. The Morgan fingerprint density at radius 1 is 0.833 bits per heavy atom. The summed E-state index contributed by atoms with van der Waals surface area (Å²) in [5, 5.41) is 0. The number of sulfone groups is 1. The van der Waals surface area contributed by atoms with E-state index in [2.05, 4.69) is 11.8 Å². The maximum absolute atomic E-state index is 11.9. The molecular formula is C15H12O2S. The third kappa shape index (κ3) is 3.22. The molecule has 0 spiro atoms. The van der Waals surface area contributed by atoms with E-state index in [1.165, 1.54) is 0 Å². The van der Waals surface area contributed by atoms with Crippen LogP contribution in [0.4, 0.5) is 0 Å². The van der Waals surface area contributed by atoms with E-state index in [1.807, 2.05) is 30.3 Å². The highest BCUT2D eigenvalue weighted by Crippen LogP contribution is 2.09. The molecule has 0 aliphatic heterocycles. The summed E-state index contributed by atoms with van der Waals surface area (Å²) in [4.78, 5) is 0.312. The maximum atomic E-state index is 11.9. The molecule has 0 saturated carbocycles. The van der Waals surface area contributed by atoms with Crippen molar-refractivity contribution in [3.05, 3.63) is 66.2 Å². The summed E-state index contributed by atoms with van der Waals surface area (Å²) < 4.78 is 23.8. The third-order valence-corrected chi connectivity index (χ3v) is 3.89. The van der Waals surface area contributed by atoms with Crippen LogP contribution in [0.5, 0.6) is 0 Å². The SMILES string of the molecule is O=S(=O)(CC#Cc1ccccc1)c1ccccc1. The van der Waals surface area contributed by atoms with Gasteiger partial charge in [-0.15, -0.1) is 0 Å². The zero-order chi connectivity index (χ0) is 12.8. The van der Waals surface area contributed by atoms with Crippen molar-refractivity contribution >= 4 is 9.84 Å². The Morgan fingerprint density at radius 2 is 1.39 bits per heavy atom. The highest BCUT2D eigenvalue weighted by atomic mass is 32.2. The lowest BCUT2D eigenvalue weighted by Gasteiger charge is -1.98. The molecule has 0 aromatic heterocycles. The zero-order valence-corrected chi connectivity index (χ0v) is 10.5. The molecule has 0 aliphatic rings. The van der Waals surface area contributed by atoms with Crippen LogP contribution in [0.1, 0.15) is 5.56 Å². The second kappa shape index (κ2) is 5.52. The maximum Gasteiger partial charge on any atom is 0.189 e. The Hall–Kier alpha value is -2.05. The fourth-order valence-electron chi connectivity index (χ4n) is 1.47. The summed E-state index contributed by atoms with van der Waals surface area (Å²) >= 11 is 0. The summed E-state index contributed by atoms with van der Waals surface area (Å²) in [5.74, 6) is 5.38. The van der Waals surface area contributed by atoms with E-state index in [0.717, 1.165) is 5.56 Å². The lowest BCUT2D eigenvalue weighted by molar-refractivity contribution is 0.599. The van der Waals surface area contributed by atoms with Crippen LogP contribution in [-0.2, 0) is 9.84 Å². The van der Waals surface area contributed by atoms with E-state index >= 15 is 0 Å². The van der Waals surface area contributed by atoms with Gasteiger partial charge in [-0.05, 0) is 24.3 Å². The molecule has 0 saturated heterocycles. The molecule has 2 aromatic carbocycles. The third-order valence-electron chi connectivity index (χ3n) is 2.37. The highest BCUT2D eigenvalue weighted by molar-refractivity contribution is 7.91. The van der Waals surface area contributed by atoms with Crippen molar-refractivity contribution in [3.63, 3.8) is 0 Å². The van der Waals surface area contributed by atoms with Crippen molar-refractivity contribution in [2.24, 2.45) is 0 Å². The van der Waals surface area contributed by atoms with E-state index in [0.29, 0.717) is 4.90 Å². The standard InChI is InChI=1S/C15H12O2S/c16-18(17,15-11-5-2-6-12-15)13-7-10-14-8-3-1-4-9-14/h1-6,8-9,11-12H,13H2. The number of benzene rings is 2. The fraction of sp³-hybridized carbons (Fsp3) is 0.0667. The van der Waals surface area contributed by atoms with Crippen LogP contribution in [0.25, 0.3) is 0 Å². The van der Waals surface area contributed by atoms with Crippen LogP contribution >= 0.6 is 0 Å². The van der Waals surface area contributed by atoms with E-state index < -0.39 is 9.84 Å². The average Bonchev–Trinajstić information content (AvgIpc) is 2.41. The van der Waals surface area contributed by atoms with Crippen molar-refractivity contribution in [2.45, 2.75) is 4.90 Å². The van der Waals surface area contributed by atoms with Gasteiger partial charge in [0.05, 0.1) is 4.90 Å². The molecule has 0 bridgehead atoms. The zero-order valence-electron chi connectivity index (χ0n) is 9.71. The molecule has 18 heavy (non-hydrogen) atoms. The molecule has 0 unspecified atom stereocenters. The van der Waals surface area contributed by atoms with Crippen molar-refractivity contribution in [1.82, 2.24) is 0 Å². The van der Waals surface area contributed by atoms with E-state index in [9.17, 15) is 8.42 Å². The minimum absolute atomic E-state index is 0.161. The van der Waals surface area contributed by atoms with Gasteiger partial charge in [-0.3, -0.25) is 0 Å². The summed E-state index contributed by atoms with van der Waals surface area (Å²) in [7, 11) is -3.30. The fourth-order valence-corrected chi connectivity index (χ4v) is 2.47. The van der Waals surface area contributed by atoms with Gasteiger partial charge in [-0.2, -0.15) is 0 Å². The predicted octanol–water partition coefficient (Wildman–Crippen LogP) is 2.51. The van der Waals surface area contributed by atoms with E-state index in [1.54, 1.807) is 30.3 Å². The first kappa shape index (κ1) is 12.4. The van der Waals surface area contributed by atoms with Gasteiger partial charge in [0.25, 0.3) is 0 Å². The van der Waals surface area contributed by atoms with Gasteiger partial charge in [-0.25, -0.2) is 8.42 Å². The largest absolute Gasteiger partial charge is 0.223 e. The lowest BCUT2D eigenvalue weighted by atomic mass is 10.2. The minimum Gasteiger partial charge on any atom is -0.223 e. The smallest absolute Gasteiger partial charge is 0.189 e. The van der Waals surface area contributed by atoms with Crippen molar-refractivity contribution in [3.8, 4) is 11.8 Å². The van der Waals surface area contributed by atoms with Gasteiger partial charge in [0, 0.05) is 5.56 Å². The molecule has 3 heteroatoms. The summed E-state index contributed by atoms with van der Waals surface area (Å²) in [5.41, 5.74) is 0.820. The Balaban J connectivity index is 2.14. The van der Waals surface area contributed by atoms with Gasteiger partial charge in [0.2, 0.25) is 0 Å². The van der Waals surface area contributed by atoms with Crippen LogP contribution in [0.15, 0.2) is 65.6 Å². The first-order valence-electron chi connectivity index (χ1n) is 5.50. The minimum atomic E-state index is -3.30. The number of hydrogen-bond acceptors (Lipinski definition) is 2. The molecule has 0 N–H and O–H groups in total. The lowest BCUT2D eigenvalue weighted by Crippen LogP contribution is -2.04. The number of hydrogen-bond donors (Lipinski definition) is 0. The van der Waals surface area contributed by atoms with Crippen LogP contribution in [-0.4, -0.2) is 14.2 Å². The van der Waals surface area contributed by atoms with E-state index in [4.69, 9.17) is 0 Å². The van der Waals surface area contributed by atoms with Crippen LogP contribution < -0.4 is 0 Å². The molecule has 2 nitrogen and oxygen atoms in total. The Bertz CT molecular complexity index is 663. The number of rotatable bonds is 2. The quantitative estimate of drug-likeness (QED) is 0.774. The first-order chi connectivity index (χ1) is 8.68. The van der Waals surface area contributed by atoms with Crippen LogP contribution in [0.2, 0.25) is 0 Å². The van der Waals surface area contributed by atoms with E-state index in [-0.39, 0.29) is 5.75 Å². The molecule has 0 heterocycles. The van der Waals surface area contributed by atoms with Gasteiger partial charge < -0.3 is 0 Å². The molecule has 2 rings (SSSR count). The summed E-state index contributed by atoms with van der Waals surface area (Å²) in [6.07, 6.45) is 0. The molecule has 0 fully saturated rings. The van der Waals surface area contributed by atoms with Crippen LogP contribution in [0.3, 0.4) is 0 Å². The van der Waals surface area contributed by atoms with Gasteiger partial charge in [-0.1, -0.05) is 48.2 Å².